The molecule has 14 heavy (non-hydrogen) atoms. The van der Waals surface area contributed by atoms with Crippen LogP contribution < -0.4 is 0 Å². The van der Waals surface area contributed by atoms with Gasteiger partial charge in [0.15, 0.2) is 0 Å². The van der Waals surface area contributed by atoms with Crippen molar-refractivity contribution in [2.45, 2.75) is 32.1 Å². The quantitative estimate of drug-likeness (QED) is 0.545. The zero-order valence-corrected chi connectivity index (χ0v) is 7.41. The first-order valence-corrected chi connectivity index (χ1v) is 4.27. The predicted octanol–water partition coefficient (Wildman–Crippen LogP) is 3.77. The molecule has 0 bridgehead atoms. The predicted molar refractivity (Wildman–Crippen MR) is 37.5 cm³/mol. The minimum atomic E-state index is -4.50. The molecule has 0 aromatic carbocycles. The molecule has 1 aliphatic carbocycles. The second-order valence-corrected chi connectivity index (χ2v) is 3.73. The van der Waals surface area contributed by atoms with E-state index in [1.807, 2.05) is 0 Å². The van der Waals surface area contributed by atoms with Crippen molar-refractivity contribution in [1.29, 1.82) is 0 Å². The van der Waals surface area contributed by atoms with Crippen LogP contribution in [0.15, 0.2) is 0 Å². The van der Waals surface area contributed by atoms with E-state index in [1.165, 1.54) is 0 Å². The molecule has 2 unspecified atom stereocenters. The number of alkyl halides is 6. The molecular formula is C8H10F6. The van der Waals surface area contributed by atoms with E-state index in [-0.39, 0.29) is 0 Å². The van der Waals surface area contributed by atoms with Gasteiger partial charge in [0.1, 0.15) is 0 Å². The van der Waals surface area contributed by atoms with Crippen LogP contribution >= 0.6 is 0 Å². The first kappa shape index (κ1) is 11.7. The highest BCUT2D eigenvalue weighted by Gasteiger charge is 2.56. The van der Waals surface area contributed by atoms with Crippen LogP contribution in [0, 0.1) is 17.8 Å². The van der Waals surface area contributed by atoms with E-state index in [2.05, 4.69) is 0 Å². The van der Waals surface area contributed by atoms with Crippen molar-refractivity contribution in [3.05, 3.63) is 0 Å². The van der Waals surface area contributed by atoms with Crippen molar-refractivity contribution < 1.29 is 26.3 Å². The van der Waals surface area contributed by atoms with Crippen LogP contribution in [-0.4, -0.2) is 12.4 Å². The van der Waals surface area contributed by atoms with Crippen LogP contribution in [0.3, 0.4) is 0 Å². The lowest BCUT2D eigenvalue weighted by Gasteiger charge is -2.24. The van der Waals surface area contributed by atoms with Crippen molar-refractivity contribution in [2.24, 2.45) is 17.8 Å². The summed E-state index contributed by atoms with van der Waals surface area (Å²) >= 11 is 0. The first-order valence-electron chi connectivity index (χ1n) is 4.27. The summed E-state index contributed by atoms with van der Waals surface area (Å²) in [5, 5.41) is 0. The molecule has 1 rings (SSSR count). The fourth-order valence-electron chi connectivity index (χ4n) is 2.09. The molecule has 3 atom stereocenters. The van der Waals surface area contributed by atoms with Gasteiger partial charge >= 0.3 is 12.4 Å². The molecule has 0 radical (unpaired) electrons. The summed E-state index contributed by atoms with van der Waals surface area (Å²) < 4.78 is 73.2. The van der Waals surface area contributed by atoms with E-state index in [4.69, 9.17) is 0 Å². The topological polar surface area (TPSA) is 0 Å². The van der Waals surface area contributed by atoms with Crippen molar-refractivity contribution >= 4 is 0 Å². The molecule has 0 N–H and O–H groups in total. The Hall–Kier alpha value is -0.420. The van der Waals surface area contributed by atoms with Crippen LogP contribution in [0.5, 0.6) is 0 Å². The van der Waals surface area contributed by atoms with Crippen molar-refractivity contribution in [2.75, 3.05) is 0 Å². The third-order valence-corrected chi connectivity index (χ3v) is 2.90. The summed E-state index contributed by atoms with van der Waals surface area (Å²) in [7, 11) is 0. The van der Waals surface area contributed by atoms with E-state index in [0.717, 1.165) is 6.92 Å². The molecule has 0 amide bonds. The third-order valence-electron chi connectivity index (χ3n) is 2.90. The molecule has 6 heteroatoms. The summed E-state index contributed by atoms with van der Waals surface area (Å²) in [4.78, 5) is 0. The summed E-state index contributed by atoms with van der Waals surface area (Å²) in [5.41, 5.74) is 0. The molecule has 0 heterocycles. The van der Waals surface area contributed by atoms with Gasteiger partial charge in [-0.1, -0.05) is 6.92 Å². The van der Waals surface area contributed by atoms with Gasteiger partial charge in [-0.05, 0) is 18.8 Å². The fraction of sp³-hybridized carbons (Fsp3) is 1.00. The van der Waals surface area contributed by atoms with Gasteiger partial charge in [-0.25, -0.2) is 0 Å². The molecule has 0 aromatic rings. The lowest BCUT2D eigenvalue weighted by Crippen LogP contribution is -2.32. The molecule has 0 saturated heterocycles. The second kappa shape index (κ2) is 3.31. The van der Waals surface area contributed by atoms with E-state index in [0.29, 0.717) is 0 Å². The maximum absolute atomic E-state index is 12.2. The zero-order valence-electron chi connectivity index (χ0n) is 7.41. The summed E-state index contributed by atoms with van der Waals surface area (Å²) in [6.07, 6.45) is -9.82. The van der Waals surface area contributed by atoms with Crippen molar-refractivity contribution in [3.8, 4) is 0 Å². The number of halogens is 6. The molecule has 1 fully saturated rings. The van der Waals surface area contributed by atoms with Gasteiger partial charge in [0, 0.05) is 0 Å². The van der Waals surface area contributed by atoms with Gasteiger partial charge in [0.25, 0.3) is 0 Å². The van der Waals surface area contributed by atoms with Gasteiger partial charge in [-0.15, -0.1) is 0 Å². The highest BCUT2D eigenvalue weighted by Crippen LogP contribution is 2.51. The monoisotopic (exact) mass is 220 g/mol. The molecule has 0 spiro atoms. The minimum absolute atomic E-state index is 0.408. The molecule has 0 nitrogen and oxygen atoms in total. The molecule has 84 valence electrons. The maximum atomic E-state index is 12.2. The van der Waals surface area contributed by atoms with Crippen LogP contribution in [0.25, 0.3) is 0 Å². The Bertz CT molecular complexity index is 181. The van der Waals surface area contributed by atoms with Gasteiger partial charge < -0.3 is 0 Å². The minimum Gasteiger partial charge on any atom is -0.171 e. The Labute approximate surface area is 77.3 Å². The van der Waals surface area contributed by atoms with Gasteiger partial charge in [-0.3, -0.25) is 0 Å². The zero-order chi connectivity index (χ0) is 11.1. The van der Waals surface area contributed by atoms with Crippen molar-refractivity contribution in [1.82, 2.24) is 0 Å². The lowest BCUT2D eigenvalue weighted by molar-refractivity contribution is -0.209. The Morgan fingerprint density at radius 1 is 0.786 bits per heavy atom. The van der Waals surface area contributed by atoms with Gasteiger partial charge in [0.2, 0.25) is 0 Å². The standard InChI is InChI=1S/C8H10F6/c1-4-5(7(9,10)11)2-3-6(4)8(12,13)14/h4-6H,2-3H2,1H3/t4?,5-,6?/m0/s1. The average molecular weight is 220 g/mol. The molecule has 0 aromatic heterocycles. The van der Waals surface area contributed by atoms with E-state index in [9.17, 15) is 26.3 Å². The van der Waals surface area contributed by atoms with Crippen LogP contribution in [-0.2, 0) is 0 Å². The third kappa shape index (κ3) is 2.15. The highest BCUT2D eigenvalue weighted by atomic mass is 19.4. The van der Waals surface area contributed by atoms with E-state index < -0.39 is 42.9 Å². The van der Waals surface area contributed by atoms with Gasteiger partial charge in [0.05, 0.1) is 11.8 Å². The van der Waals surface area contributed by atoms with Crippen molar-refractivity contribution in [3.63, 3.8) is 0 Å². The fourth-order valence-corrected chi connectivity index (χ4v) is 2.09. The molecular weight excluding hydrogens is 210 g/mol. The normalized spacial score (nSPS) is 34.9. The van der Waals surface area contributed by atoms with E-state index >= 15 is 0 Å². The smallest absolute Gasteiger partial charge is 0.171 e. The number of rotatable bonds is 0. The average Bonchev–Trinajstić information content (AvgIpc) is 2.26. The highest BCUT2D eigenvalue weighted by molar-refractivity contribution is 4.89. The largest absolute Gasteiger partial charge is 0.392 e. The summed E-state index contributed by atoms with van der Waals surface area (Å²) in [5.74, 6) is -4.95. The summed E-state index contributed by atoms with van der Waals surface area (Å²) in [6, 6.07) is 0. The first-order chi connectivity index (χ1) is 6.14. The lowest BCUT2D eigenvalue weighted by atomic mass is 9.90. The maximum Gasteiger partial charge on any atom is 0.392 e. The van der Waals surface area contributed by atoms with Crippen LogP contribution in [0.2, 0.25) is 0 Å². The van der Waals surface area contributed by atoms with Crippen LogP contribution in [0.4, 0.5) is 26.3 Å². The molecule has 0 aliphatic heterocycles. The number of hydrogen-bond donors (Lipinski definition) is 0. The Balaban J connectivity index is 2.75. The Kier molecular flexibility index (Phi) is 2.75. The van der Waals surface area contributed by atoms with E-state index in [1.54, 1.807) is 0 Å². The summed E-state index contributed by atoms with van der Waals surface area (Å²) in [6.45, 7) is 1.03. The second-order valence-electron chi connectivity index (χ2n) is 3.73. The Morgan fingerprint density at radius 2 is 1.07 bits per heavy atom. The SMILES string of the molecule is CC1C(C(F)(F)F)CC[C@@H]1C(F)(F)F. The van der Waals surface area contributed by atoms with Crippen LogP contribution in [0.1, 0.15) is 19.8 Å². The Morgan fingerprint density at radius 3 is 1.21 bits per heavy atom. The molecule has 1 aliphatic rings. The molecule has 1 saturated carbocycles. The van der Waals surface area contributed by atoms with Gasteiger partial charge in [-0.2, -0.15) is 26.3 Å². The number of hydrogen-bond acceptors (Lipinski definition) is 0.